The van der Waals surface area contributed by atoms with Gasteiger partial charge >= 0.3 is 0 Å². The lowest BCUT2D eigenvalue weighted by Gasteiger charge is -2.16. The van der Waals surface area contributed by atoms with Crippen LogP contribution in [0, 0.1) is 25.2 Å². The molecule has 0 fully saturated rings. The van der Waals surface area contributed by atoms with Gasteiger partial charge in [0.25, 0.3) is 5.82 Å². The van der Waals surface area contributed by atoms with Gasteiger partial charge in [0.05, 0.1) is 4.90 Å². The van der Waals surface area contributed by atoms with Gasteiger partial charge in [-0.05, 0) is 37.1 Å². The summed E-state index contributed by atoms with van der Waals surface area (Å²) in [5.41, 5.74) is 1.92. The zero-order valence-corrected chi connectivity index (χ0v) is 15.1. The van der Waals surface area contributed by atoms with Gasteiger partial charge in [0, 0.05) is 19.8 Å². The van der Waals surface area contributed by atoms with Crippen LogP contribution in [0.1, 0.15) is 17.0 Å². The predicted octanol–water partition coefficient (Wildman–Crippen LogP) is 0.656. The molecule has 0 saturated heterocycles. The van der Waals surface area contributed by atoms with Crippen LogP contribution in [-0.4, -0.2) is 47.5 Å². The normalized spacial score (nSPS) is 11.4. The number of hydrogen-bond acceptors (Lipinski definition) is 6. The lowest BCUT2D eigenvalue weighted by Crippen LogP contribution is -2.23. The van der Waals surface area contributed by atoms with Crippen molar-refractivity contribution in [1.29, 1.82) is 5.26 Å². The van der Waals surface area contributed by atoms with E-state index in [2.05, 4.69) is 15.4 Å². The molecular weight excluding hydrogens is 344 g/mol. The third kappa shape index (κ3) is 4.01. The molecule has 0 unspecified atom stereocenters. The SMILES string of the molecule is Cc1cc(S(=O)(=O)N(C)C)cc(NC(=O)Cn2cnc(C#N)n2)c1C. The summed E-state index contributed by atoms with van der Waals surface area (Å²) in [6.07, 6.45) is 1.28. The largest absolute Gasteiger partial charge is 0.324 e. The molecule has 0 atom stereocenters. The monoisotopic (exact) mass is 362 g/mol. The van der Waals surface area contributed by atoms with Gasteiger partial charge in [0.2, 0.25) is 15.9 Å². The van der Waals surface area contributed by atoms with Crippen molar-refractivity contribution in [3.63, 3.8) is 0 Å². The number of carbonyl (C=O) groups excluding carboxylic acids is 1. The summed E-state index contributed by atoms with van der Waals surface area (Å²) < 4.78 is 27.0. The summed E-state index contributed by atoms with van der Waals surface area (Å²) >= 11 is 0. The van der Waals surface area contributed by atoms with E-state index in [1.807, 2.05) is 0 Å². The van der Waals surface area contributed by atoms with Crippen molar-refractivity contribution in [2.24, 2.45) is 0 Å². The topological polar surface area (TPSA) is 121 Å². The summed E-state index contributed by atoms with van der Waals surface area (Å²) in [7, 11) is -0.726. The molecule has 132 valence electrons. The number of hydrogen-bond donors (Lipinski definition) is 1. The zero-order valence-electron chi connectivity index (χ0n) is 14.3. The quantitative estimate of drug-likeness (QED) is 0.834. The minimum Gasteiger partial charge on any atom is -0.324 e. The third-order valence-corrected chi connectivity index (χ3v) is 5.43. The van der Waals surface area contributed by atoms with Crippen molar-refractivity contribution in [3.8, 4) is 6.07 Å². The molecule has 9 nitrogen and oxygen atoms in total. The molecule has 0 saturated carbocycles. The molecule has 25 heavy (non-hydrogen) atoms. The molecule has 0 aliphatic rings. The van der Waals surface area contributed by atoms with E-state index in [-0.39, 0.29) is 17.3 Å². The Kier molecular flexibility index (Phi) is 5.20. The molecule has 1 aromatic heterocycles. The van der Waals surface area contributed by atoms with Gasteiger partial charge in [-0.2, -0.15) is 5.26 Å². The number of aryl methyl sites for hydroxylation is 1. The Balaban J connectivity index is 2.28. The Bertz CT molecular complexity index is 956. The maximum absolute atomic E-state index is 12.3. The van der Waals surface area contributed by atoms with Crippen molar-refractivity contribution in [1.82, 2.24) is 19.1 Å². The van der Waals surface area contributed by atoms with Crippen LogP contribution in [0.25, 0.3) is 0 Å². The molecule has 0 radical (unpaired) electrons. The van der Waals surface area contributed by atoms with E-state index < -0.39 is 15.9 Å². The highest BCUT2D eigenvalue weighted by Crippen LogP contribution is 2.25. The highest BCUT2D eigenvalue weighted by Gasteiger charge is 2.20. The van der Waals surface area contributed by atoms with Gasteiger partial charge in [-0.1, -0.05) is 0 Å². The highest BCUT2D eigenvalue weighted by molar-refractivity contribution is 7.89. The van der Waals surface area contributed by atoms with Crippen LogP contribution < -0.4 is 5.32 Å². The van der Waals surface area contributed by atoms with Crippen LogP contribution >= 0.6 is 0 Å². The number of nitrogens with one attached hydrogen (secondary N) is 1. The second-order valence-electron chi connectivity index (χ2n) is 5.63. The summed E-state index contributed by atoms with van der Waals surface area (Å²) in [4.78, 5) is 16.0. The molecule has 0 bridgehead atoms. The van der Waals surface area contributed by atoms with Crippen LogP contribution in [-0.2, 0) is 21.4 Å². The Morgan fingerprint density at radius 1 is 1.36 bits per heavy atom. The summed E-state index contributed by atoms with van der Waals surface area (Å²) in [5.74, 6) is -0.435. The van der Waals surface area contributed by atoms with Gasteiger partial charge in [0.1, 0.15) is 18.9 Å². The average Bonchev–Trinajstić information content (AvgIpc) is 2.98. The van der Waals surface area contributed by atoms with E-state index in [0.717, 1.165) is 15.4 Å². The molecule has 2 aromatic rings. The van der Waals surface area contributed by atoms with E-state index in [0.29, 0.717) is 5.69 Å². The van der Waals surface area contributed by atoms with Gasteiger partial charge in [-0.15, -0.1) is 5.10 Å². The first-order chi connectivity index (χ1) is 11.6. The standard InChI is InChI=1S/C15H18N6O3S/c1-10-5-12(25(23,24)20(3)4)6-13(11(10)2)18-15(22)8-21-9-17-14(7-16)19-21/h5-6,9H,8H2,1-4H3,(H,18,22). The number of amides is 1. The lowest BCUT2D eigenvalue weighted by molar-refractivity contribution is -0.116. The van der Waals surface area contributed by atoms with E-state index in [4.69, 9.17) is 5.26 Å². The molecule has 1 aromatic carbocycles. The van der Waals surface area contributed by atoms with Crippen LogP contribution in [0.3, 0.4) is 0 Å². The maximum Gasteiger partial charge on any atom is 0.252 e. The molecule has 1 amide bonds. The maximum atomic E-state index is 12.3. The summed E-state index contributed by atoms with van der Waals surface area (Å²) in [6, 6.07) is 4.77. The zero-order chi connectivity index (χ0) is 18.8. The molecular formula is C15H18N6O3S. The fourth-order valence-electron chi connectivity index (χ4n) is 2.07. The van der Waals surface area contributed by atoms with Crippen LogP contribution in [0.5, 0.6) is 0 Å². The molecule has 0 aliphatic carbocycles. The van der Waals surface area contributed by atoms with Crippen LogP contribution in [0.15, 0.2) is 23.4 Å². The van der Waals surface area contributed by atoms with Crippen molar-refractivity contribution in [3.05, 3.63) is 35.4 Å². The first-order valence-corrected chi connectivity index (χ1v) is 8.72. The number of nitriles is 1. The van der Waals surface area contributed by atoms with Gasteiger partial charge in [0.15, 0.2) is 0 Å². The minimum absolute atomic E-state index is 0.0288. The molecule has 2 rings (SSSR count). The average molecular weight is 362 g/mol. The fourth-order valence-corrected chi connectivity index (χ4v) is 3.09. The van der Waals surface area contributed by atoms with Crippen molar-refractivity contribution < 1.29 is 13.2 Å². The van der Waals surface area contributed by atoms with Gasteiger partial charge in [-0.25, -0.2) is 22.4 Å². The molecule has 0 spiro atoms. The Labute approximate surface area is 145 Å². The molecule has 1 heterocycles. The lowest BCUT2D eigenvalue weighted by atomic mass is 10.1. The second-order valence-corrected chi connectivity index (χ2v) is 7.78. The Morgan fingerprint density at radius 3 is 2.60 bits per heavy atom. The van der Waals surface area contributed by atoms with Crippen molar-refractivity contribution in [2.75, 3.05) is 19.4 Å². The third-order valence-electron chi connectivity index (χ3n) is 3.64. The molecule has 1 N–H and O–H groups in total. The highest BCUT2D eigenvalue weighted by atomic mass is 32.2. The van der Waals surface area contributed by atoms with E-state index >= 15 is 0 Å². The Morgan fingerprint density at radius 2 is 2.04 bits per heavy atom. The number of benzene rings is 1. The number of carbonyl (C=O) groups is 1. The van der Waals surface area contributed by atoms with Gasteiger partial charge in [-0.3, -0.25) is 4.79 Å². The van der Waals surface area contributed by atoms with Crippen molar-refractivity contribution >= 4 is 21.6 Å². The van der Waals surface area contributed by atoms with Crippen LogP contribution in [0.4, 0.5) is 5.69 Å². The number of rotatable bonds is 5. The first-order valence-electron chi connectivity index (χ1n) is 7.28. The minimum atomic E-state index is -3.61. The van der Waals surface area contributed by atoms with E-state index in [1.165, 1.54) is 31.2 Å². The number of anilines is 1. The molecule has 10 heteroatoms. The van der Waals surface area contributed by atoms with Crippen LogP contribution in [0.2, 0.25) is 0 Å². The number of aromatic nitrogens is 3. The van der Waals surface area contributed by atoms with Gasteiger partial charge < -0.3 is 5.32 Å². The first kappa shape index (κ1) is 18.6. The smallest absolute Gasteiger partial charge is 0.252 e. The summed E-state index contributed by atoms with van der Waals surface area (Å²) in [6.45, 7) is 3.42. The number of nitrogens with zero attached hydrogens (tertiary/aromatic N) is 5. The fraction of sp³-hybridized carbons (Fsp3) is 0.333. The van der Waals surface area contributed by atoms with E-state index in [9.17, 15) is 13.2 Å². The second kappa shape index (κ2) is 7.00. The predicted molar refractivity (Wildman–Crippen MR) is 90.2 cm³/mol. The summed E-state index contributed by atoms with van der Waals surface area (Å²) in [5, 5.41) is 15.2. The molecule has 0 aliphatic heterocycles. The number of sulfonamides is 1. The van der Waals surface area contributed by atoms with Crippen molar-refractivity contribution in [2.45, 2.75) is 25.3 Å². The van der Waals surface area contributed by atoms with E-state index in [1.54, 1.807) is 26.0 Å². The Hall–Kier alpha value is -2.77.